The summed E-state index contributed by atoms with van der Waals surface area (Å²) in [7, 11) is 0. The second kappa shape index (κ2) is 6.50. The van der Waals surface area contributed by atoms with Crippen molar-refractivity contribution in [3.8, 4) is 0 Å². The molecule has 0 radical (unpaired) electrons. The number of benzene rings is 1. The summed E-state index contributed by atoms with van der Waals surface area (Å²) in [5, 5.41) is 2.83. The number of hydrogen-bond acceptors (Lipinski definition) is 2. The Morgan fingerprint density at radius 2 is 1.74 bits per heavy atom. The van der Waals surface area contributed by atoms with Crippen LogP contribution >= 0.6 is 0 Å². The van der Waals surface area contributed by atoms with Gasteiger partial charge in [0.1, 0.15) is 5.78 Å². The predicted octanol–water partition coefficient (Wildman–Crippen LogP) is 3.85. The van der Waals surface area contributed by atoms with Gasteiger partial charge in [0.05, 0.1) is 6.42 Å². The molecule has 1 N–H and O–H groups in total. The van der Waals surface area contributed by atoms with Crippen molar-refractivity contribution in [2.75, 3.05) is 5.32 Å². The van der Waals surface area contributed by atoms with E-state index in [2.05, 4.69) is 39.1 Å². The van der Waals surface area contributed by atoms with Gasteiger partial charge in [-0.15, -0.1) is 0 Å². The Morgan fingerprint density at radius 3 is 2.21 bits per heavy atom. The van der Waals surface area contributed by atoms with Gasteiger partial charge >= 0.3 is 0 Å². The van der Waals surface area contributed by atoms with E-state index in [1.807, 2.05) is 12.1 Å². The van der Waals surface area contributed by atoms with E-state index in [0.717, 1.165) is 11.3 Å². The molecule has 0 saturated carbocycles. The maximum absolute atomic E-state index is 11.7. The minimum Gasteiger partial charge on any atom is -0.325 e. The number of rotatable bonds is 5. The highest BCUT2D eigenvalue weighted by molar-refractivity contribution is 6.03. The third-order valence-electron chi connectivity index (χ3n) is 3.05. The number of carbonyl (C=O) groups excluding carboxylic acids is 2. The number of anilines is 1. The second-order valence-corrected chi connectivity index (χ2v) is 5.58. The molecule has 3 nitrogen and oxygen atoms in total. The van der Waals surface area contributed by atoms with Crippen LogP contribution in [0, 0.1) is 0 Å². The van der Waals surface area contributed by atoms with Crippen LogP contribution in [0.5, 0.6) is 0 Å². The highest BCUT2D eigenvalue weighted by atomic mass is 16.2. The largest absolute Gasteiger partial charge is 0.325 e. The van der Waals surface area contributed by atoms with E-state index in [0.29, 0.717) is 11.8 Å². The lowest BCUT2D eigenvalue weighted by atomic mass is 9.94. The zero-order valence-corrected chi connectivity index (χ0v) is 12.4. The second-order valence-electron chi connectivity index (χ2n) is 5.58. The molecule has 1 rings (SSSR count). The monoisotopic (exact) mass is 261 g/mol. The molecule has 0 aliphatic rings. The topological polar surface area (TPSA) is 46.2 Å². The third-order valence-corrected chi connectivity index (χ3v) is 3.05. The van der Waals surface area contributed by atoms with Crippen LogP contribution in [0.15, 0.2) is 18.2 Å². The molecule has 0 aliphatic carbocycles. The average molecular weight is 261 g/mol. The van der Waals surface area contributed by atoms with Gasteiger partial charge in [-0.05, 0) is 36.0 Å². The summed E-state index contributed by atoms with van der Waals surface area (Å²) in [6.45, 7) is 9.91. The fourth-order valence-corrected chi connectivity index (χ4v) is 1.95. The summed E-state index contributed by atoms with van der Waals surface area (Å²) in [6, 6.07) is 6.10. The first-order valence-corrected chi connectivity index (χ1v) is 6.74. The number of hydrogen-bond donors (Lipinski definition) is 1. The molecule has 19 heavy (non-hydrogen) atoms. The van der Waals surface area contributed by atoms with E-state index in [1.54, 1.807) is 0 Å². The van der Waals surface area contributed by atoms with Crippen molar-refractivity contribution in [2.24, 2.45) is 0 Å². The van der Waals surface area contributed by atoms with Crippen molar-refractivity contribution in [2.45, 2.75) is 52.9 Å². The summed E-state index contributed by atoms with van der Waals surface area (Å²) in [6.07, 6.45) is -0.0660. The van der Waals surface area contributed by atoms with Gasteiger partial charge in [0.25, 0.3) is 0 Å². The van der Waals surface area contributed by atoms with Crippen molar-refractivity contribution >= 4 is 17.4 Å². The molecule has 0 aliphatic heterocycles. The van der Waals surface area contributed by atoms with Gasteiger partial charge < -0.3 is 5.32 Å². The van der Waals surface area contributed by atoms with Gasteiger partial charge in [0.15, 0.2) is 0 Å². The van der Waals surface area contributed by atoms with Gasteiger partial charge in [-0.3, -0.25) is 9.59 Å². The lowest BCUT2D eigenvalue weighted by molar-refractivity contribution is -0.124. The number of Topliss-reactive ketones (excluding diaryl/α,β-unsaturated/α-hetero) is 1. The Balaban J connectivity index is 3.00. The lowest BCUT2D eigenvalue weighted by Gasteiger charge is -2.16. The molecule has 0 heterocycles. The first-order valence-electron chi connectivity index (χ1n) is 6.74. The summed E-state index contributed by atoms with van der Waals surface area (Å²) in [5.74, 6) is 0.417. The Labute approximate surface area is 115 Å². The molecule has 0 aromatic heterocycles. The van der Waals surface area contributed by atoms with E-state index in [-0.39, 0.29) is 18.1 Å². The SMILES string of the molecule is CC(=O)CC(=O)Nc1ccc(C(C)C)cc1C(C)C. The van der Waals surface area contributed by atoms with E-state index in [1.165, 1.54) is 12.5 Å². The molecule has 0 fully saturated rings. The molecular formula is C16H23NO2. The molecule has 1 amide bonds. The minimum atomic E-state index is -0.244. The standard InChI is InChI=1S/C16H23NO2/c1-10(2)13-6-7-15(14(9-13)11(3)4)17-16(19)8-12(5)18/h6-7,9-11H,8H2,1-5H3,(H,17,19). The highest BCUT2D eigenvalue weighted by Gasteiger charge is 2.12. The smallest absolute Gasteiger partial charge is 0.231 e. The molecular weight excluding hydrogens is 238 g/mol. The van der Waals surface area contributed by atoms with Crippen LogP contribution in [0.1, 0.15) is 64.0 Å². The highest BCUT2D eigenvalue weighted by Crippen LogP contribution is 2.28. The Kier molecular flexibility index (Phi) is 5.28. The maximum Gasteiger partial charge on any atom is 0.231 e. The zero-order chi connectivity index (χ0) is 14.6. The van der Waals surface area contributed by atoms with Crippen LogP contribution in [0.3, 0.4) is 0 Å². The van der Waals surface area contributed by atoms with Crippen LogP contribution in [-0.2, 0) is 9.59 Å². The van der Waals surface area contributed by atoms with Crippen LogP contribution < -0.4 is 5.32 Å². The fraction of sp³-hybridized carbons (Fsp3) is 0.500. The molecule has 0 atom stereocenters. The van der Waals surface area contributed by atoms with E-state index in [4.69, 9.17) is 0 Å². The van der Waals surface area contributed by atoms with E-state index >= 15 is 0 Å². The lowest BCUT2D eigenvalue weighted by Crippen LogP contribution is -2.16. The molecule has 104 valence electrons. The van der Waals surface area contributed by atoms with Gasteiger partial charge in [0, 0.05) is 5.69 Å². The van der Waals surface area contributed by atoms with Crippen LogP contribution in [0.2, 0.25) is 0 Å². The first kappa shape index (κ1) is 15.4. The van der Waals surface area contributed by atoms with E-state index < -0.39 is 0 Å². The molecule has 0 bridgehead atoms. The summed E-state index contributed by atoms with van der Waals surface area (Å²) in [4.78, 5) is 22.6. The van der Waals surface area contributed by atoms with Crippen LogP contribution in [0.25, 0.3) is 0 Å². The van der Waals surface area contributed by atoms with Gasteiger partial charge in [-0.25, -0.2) is 0 Å². The molecule has 1 aromatic rings. The quantitative estimate of drug-likeness (QED) is 0.818. The minimum absolute atomic E-state index is 0.0660. The van der Waals surface area contributed by atoms with Crippen molar-refractivity contribution in [3.05, 3.63) is 29.3 Å². The van der Waals surface area contributed by atoms with Crippen molar-refractivity contribution < 1.29 is 9.59 Å². The predicted molar refractivity (Wildman–Crippen MR) is 78.5 cm³/mol. The summed E-state index contributed by atoms with van der Waals surface area (Å²) in [5.41, 5.74) is 3.18. The first-order chi connectivity index (χ1) is 8.81. The third kappa shape index (κ3) is 4.51. The van der Waals surface area contributed by atoms with Crippen LogP contribution in [-0.4, -0.2) is 11.7 Å². The number of nitrogens with one attached hydrogen (secondary N) is 1. The molecule has 0 spiro atoms. The average Bonchev–Trinajstić information content (AvgIpc) is 2.27. The van der Waals surface area contributed by atoms with Gasteiger partial charge in [-0.1, -0.05) is 39.8 Å². The number of ketones is 1. The normalized spacial score (nSPS) is 10.9. The summed E-state index contributed by atoms with van der Waals surface area (Å²) < 4.78 is 0. The van der Waals surface area contributed by atoms with Crippen molar-refractivity contribution in [1.82, 2.24) is 0 Å². The van der Waals surface area contributed by atoms with Crippen molar-refractivity contribution in [1.29, 1.82) is 0 Å². The Morgan fingerprint density at radius 1 is 1.11 bits per heavy atom. The van der Waals surface area contributed by atoms with Gasteiger partial charge in [-0.2, -0.15) is 0 Å². The van der Waals surface area contributed by atoms with Gasteiger partial charge in [0.2, 0.25) is 5.91 Å². The number of carbonyl (C=O) groups is 2. The molecule has 0 unspecified atom stereocenters. The number of amides is 1. The molecule has 3 heteroatoms. The Bertz CT molecular complexity index is 476. The maximum atomic E-state index is 11.7. The molecule has 0 saturated heterocycles. The summed E-state index contributed by atoms with van der Waals surface area (Å²) >= 11 is 0. The fourth-order valence-electron chi connectivity index (χ4n) is 1.95. The van der Waals surface area contributed by atoms with Crippen molar-refractivity contribution in [3.63, 3.8) is 0 Å². The van der Waals surface area contributed by atoms with E-state index in [9.17, 15) is 9.59 Å². The molecule has 1 aromatic carbocycles. The zero-order valence-electron chi connectivity index (χ0n) is 12.4. The Hall–Kier alpha value is -1.64. The van der Waals surface area contributed by atoms with Crippen LogP contribution in [0.4, 0.5) is 5.69 Å².